The van der Waals surface area contributed by atoms with Crippen LogP contribution in [0.5, 0.6) is 0 Å². The molecule has 0 saturated carbocycles. The van der Waals surface area contributed by atoms with Crippen LogP contribution in [0.4, 0.5) is 0 Å². The quantitative estimate of drug-likeness (QED) is 0.403. The second kappa shape index (κ2) is 9.42. The molecule has 32 heavy (non-hydrogen) atoms. The highest BCUT2D eigenvalue weighted by Crippen LogP contribution is 2.30. The Kier molecular flexibility index (Phi) is 6.62. The molecule has 8 heteroatoms. The third-order valence-electron chi connectivity index (χ3n) is 5.25. The fourth-order valence-electron chi connectivity index (χ4n) is 3.41. The van der Waals surface area contributed by atoms with Crippen molar-refractivity contribution in [2.24, 2.45) is 13.0 Å². The lowest BCUT2D eigenvalue weighted by Gasteiger charge is -2.15. The number of nitrogens with one attached hydrogen (secondary N) is 1. The largest absolute Gasteiger partial charge is 0.329 e. The summed E-state index contributed by atoms with van der Waals surface area (Å²) in [6.45, 7) is 6.93. The molecule has 2 aromatic heterocycles. The van der Waals surface area contributed by atoms with E-state index in [1.807, 2.05) is 23.6 Å². The Labute approximate surface area is 195 Å². The van der Waals surface area contributed by atoms with E-state index in [1.54, 1.807) is 18.8 Å². The Bertz CT molecular complexity index is 1350. The summed E-state index contributed by atoms with van der Waals surface area (Å²) in [6.07, 6.45) is 0. The molecule has 0 aliphatic carbocycles. The number of rotatable bonds is 7. The van der Waals surface area contributed by atoms with Crippen molar-refractivity contribution in [2.45, 2.75) is 42.3 Å². The number of aromatic amines is 1. The molecule has 0 saturated heterocycles. The fraction of sp³-hybridized carbons (Fsp3) is 0.292. The van der Waals surface area contributed by atoms with E-state index < -0.39 is 11.2 Å². The first-order chi connectivity index (χ1) is 15.3. The van der Waals surface area contributed by atoms with Gasteiger partial charge in [0.25, 0.3) is 5.56 Å². The van der Waals surface area contributed by atoms with Gasteiger partial charge < -0.3 is 4.57 Å². The van der Waals surface area contributed by atoms with Crippen molar-refractivity contribution in [2.75, 3.05) is 5.75 Å². The van der Waals surface area contributed by atoms with Crippen LogP contribution in [0, 0.1) is 19.8 Å². The van der Waals surface area contributed by atoms with E-state index in [1.165, 1.54) is 32.4 Å². The first-order valence-electron chi connectivity index (χ1n) is 10.5. The molecule has 0 bridgehead atoms. The summed E-state index contributed by atoms with van der Waals surface area (Å²) in [5, 5.41) is 0.711. The van der Waals surface area contributed by atoms with Gasteiger partial charge in [-0.25, -0.2) is 9.78 Å². The molecule has 0 spiro atoms. The Balaban J connectivity index is 1.66. The standard InChI is InChI=1S/C24H26N4O2S2/c1-15-5-9-18(10-6-15)31-14-17(3)13-28-20-21(27(4)23(30)26-22(20)29)25-24(28)32-19-11-7-16(2)8-12-19/h5-12,17H,13-14H2,1-4H3,(H,26,29,30)/t17-/m1/s1. The maximum absolute atomic E-state index is 12.7. The zero-order valence-corrected chi connectivity index (χ0v) is 20.2. The van der Waals surface area contributed by atoms with E-state index in [2.05, 4.69) is 55.2 Å². The average Bonchev–Trinajstić information content (AvgIpc) is 3.12. The molecule has 0 fully saturated rings. The van der Waals surface area contributed by atoms with Crippen molar-refractivity contribution in [3.8, 4) is 0 Å². The lowest BCUT2D eigenvalue weighted by Crippen LogP contribution is -2.29. The second-order valence-corrected chi connectivity index (χ2v) is 10.3. The molecule has 166 valence electrons. The average molecular weight is 467 g/mol. The molecule has 0 radical (unpaired) electrons. The third-order valence-corrected chi connectivity index (χ3v) is 7.60. The van der Waals surface area contributed by atoms with Gasteiger partial charge in [0.2, 0.25) is 0 Å². The fourth-order valence-corrected chi connectivity index (χ4v) is 5.21. The maximum atomic E-state index is 12.7. The molecule has 4 rings (SSSR count). The maximum Gasteiger partial charge on any atom is 0.329 e. The molecule has 0 aliphatic heterocycles. The molecule has 2 heterocycles. The number of H-pyrrole nitrogens is 1. The summed E-state index contributed by atoms with van der Waals surface area (Å²) in [7, 11) is 1.63. The lowest BCUT2D eigenvalue weighted by molar-refractivity contribution is 0.511. The third kappa shape index (κ3) is 4.86. The molecule has 1 N–H and O–H groups in total. The van der Waals surface area contributed by atoms with Crippen LogP contribution >= 0.6 is 23.5 Å². The summed E-state index contributed by atoms with van der Waals surface area (Å²) < 4.78 is 3.36. The van der Waals surface area contributed by atoms with E-state index in [4.69, 9.17) is 4.98 Å². The monoisotopic (exact) mass is 466 g/mol. The van der Waals surface area contributed by atoms with Crippen molar-refractivity contribution in [3.05, 3.63) is 80.5 Å². The Hall–Kier alpha value is -2.71. The van der Waals surface area contributed by atoms with Gasteiger partial charge in [-0.1, -0.05) is 54.1 Å². The number of aryl methyl sites for hydroxylation is 3. The predicted octanol–water partition coefficient (Wildman–Crippen LogP) is 4.62. The second-order valence-electron chi connectivity index (χ2n) is 8.14. The van der Waals surface area contributed by atoms with Gasteiger partial charge in [0, 0.05) is 29.1 Å². The number of nitrogens with zero attached hydrogens (tertiary/aromatic N) is 3. The van der Waals surface area contributed by atoms with Crippen LogP contribution in [0.25, 0.3) is 11.2 Å². The molecule has 0 unspecified atom stereocenters. The highest BCUT2D eigenvalue weighted by atomic mass is 32.2. The number of thioether (sulfide) groups is 1. The number of aromatic nitrogens is 4. The van der Waals surface area contributed by atoms with E-state index in [-0.39, 0.29) is 5.92 Å². The topological polar surface area (TPSA) is 72.7 Å². The van der Waals surface area contributed by atoms with E-state index in [0.717, 1.165) is 10.6 Å². The van der Waals surface area contributed by atoms with Gasteiger partial charge in [0.05, 0.1) is 0 Å². The minimum absolute atomic E-state index is 0.285. The van der Waals surface area contributed by atoms with Crippen LogP contribution in [-0.2, 0) is 13.6 Å². The van der Waals surface area contributed by atoms with E-state index in [0.29, 0.717) is 22.9 Å². The van der Waals surface area contributed by atoms with Gasteiger partial charge in [0.1, 0.15) is 0 Å². The van der Waals surface area contributed by atoms with Crippen LogP contribution < -0.4 is 11.2 Å². The SMILES string of the molecule is Cc1ccc(SC[C@H](C)Cn2c(Sc3ccc(C)cc3)nc3c2c(=O)[nH]c(=O)n3C)cc1. The van der Waals surface area contributed by atoms with Crippen molar-refractivity contribution in [1.29, 1.82) is 0 Å². The van der Waals surface area contributed by atoms with Crippen LogP contribution in [0.15, 0.2) is 73.1 Å². The molecule has 0 amide bonds. The van der Waals surface area contributed by atoms with Crippen LogP contribution in [0.2, 0.25) is 0 Å². The molecule has 6 nitrogen and oxygen atoms in total. The van der Waals surface area contributed by atoms with Crippen molar-refractivity contribution in [1.82, 2.24) is 19.1 Å². The normalized spacial score (nSPS) is 12.4. The summed E-state index contributed by atoms with van der Waals surface area (Å²) in [4.78, 5) is 34.2. The van der Waals surface area contributed by atoms with Crippen molar-refractivity contribution >= 4 is 34.7 Å². The van der Waals surface area contributed by atoms with Crippen molar-refractivity contribution < 1.29 is 0 Å². The summed E-state index contributed by atoms with van der Waals surface area (Å²) >= 11 is 3.31. The number of hydrogen-bond donors (Lipinski definition) is 1. The van der Waals surface area contributed by atoms with Gasteiger partial charge in [-0.2, -0.15) is 0 Å². The lowest BCUT2D eigenvalue weighted by atomic mass is 10.2. The zero-order chi connectivity index (χ0) is 22.8. The summed E-state index contributed by atoms with van der Waals surface area (Å²) in [5.41, 5.74) is 2.42. The number of fused-ring (bicyclic) bond motifs is 1. The molecule has 1 atom stereocenters. The Morgan fingerprint density at radius 2 is 1.56 bits per heavy atom. The smallest absolute Gasteiger partial charge is 0.313 e. The molecule has 0 aliphatic rings. The van der Waals surface area contributed by atoms with Gasteiger partial charge in [-0.3, -0.25) is 14.3 Å². The molecular formula is C24H26N4O2S2. The van der Waals surface area contributed by atoms with E-state index in [9.17, 15) is 9.59 Å². The first-order valence-corrected chi connectivity index (χ1v) is 12.3. The Morgan fingerprint density at radius 1 is 0.969 bits per heavy atom. The minimum atomic E-state index is -0.456. The number of imidazole rings is 1. The summed E-state index contributed by atoms with van der Waals surface area (Å²) in [6, 6.07) is 16.7. The Morgan fingerprint density at radius 3 is 2.19 bits per heavy atom. The summed E-state index contributed by atoms with van der Waals surface area (Å²) in [5.74, 6) is 1.19. The minimum Gasteiger partial charge on any atom is -0.313 e. The zero-order valence-electron chi connectivity index (χ0n) is 18.6. The number of hydrogen-bond acceptors (Lipinski definition) is 5. The van der Waals surface area contributed by atoms with Gasteiger partial charge in [-0.15, -0.1) is 11.8 Å². The van der Waals surface area contributed by atoms with E-state index >= 15 is 0 Å². The first kappa shape index (κ1) is 22.5. The van der Waals surface area contributed by atoms with Gasteiger partial charge >= 0.3 is 5.69 Å². The van der Waals surface area contributed by atoms with Gasteiger partial charge in [-0.05, 0) is 44.0 Å². The molecular weight excluding hydrogens is 440 g/mol. The van der Waals surface area contributed by atoms with Gasteiger partial charge in [0.15, 0.2) is 16.3 Å². The van der Waals surface area contributed by atoms with Crippen LogP contribution in [0.3, 0.4) is 0 Å². The van der Waals surface area contributed by atoms with Crippen LogP contribution in [0.1, 0.15) is 18.1 Å². The highest BCUT2D eigenvalue weighted by Gasteiger charge is 2.20. The number of benzene rings is 2. The van der Waals surface area contributed by atoms with Crippen molar-refractivity contribution in [3.63, 3.8) is 0 Å². The molecule has 2 aromatic carbocycles. The highest BCUT2D eigenvalue weighted by molar-refractivity contribution is 7.99. The molecule has 4 aromatic rings. The van der Waals surface area contributed by atoms with Crippen LogP contribution in [-0.4, -0.2) is 24.9 Å². The predicted molar refractivity (Wildman–Crippen MR) is 132 cm³/mol.